The molecule has 0 nitrogen and oxygen atoms in total. The van der Waals surface area contributed by atoms with Gasteiger partial charge >= 0.3 is 0 Å². The van der Waals surface area contributed by atoms with Crippen LogP contribution in [0.25, 0.3) is 0 Å². The SMILES string of the molecule is C=C(CC)CC(C)(C)C1CCC(C)CC1Cl. The third kappa shape index (κ3) is 3.52. The molecule has 3 unspecified atom stereocenters. The van der Waals surface area contributed by atoms with Crippen molar-refractivity contribution < 1.29 is 0 Å². The minimum absolute atomic E-state index is 0.319. The Bertz CT molecular complexity index is 242. The molecule has 3 atom stereocenters. The van der Waals surface area contributed by atoms with Crippen LogP contribution in [0.15, 0.2) is 12.2 Å². The van der Waals surface area contributed by atoms with Gasteiger partial charge in [0.15, 0.2) is 0 Å². The van der Waals surface area contributed by atoms with Crippen LogP contribution in [-0.2, 0) is 0 Å². The fourth-order valence-corrected chi connectivity index (χ4v) is 3.86. The highest BCUT2D eigenvalue weighted by atomic mass is 35.5. The zero-order valence-corrected chi connectivity index (χ0v) is 12.1. The standard InChI is InChI=1S/C15H27Cl/c1-6-11(2)10-15(4,5)13-8-7-12(3)9-14(13)16/h12-14H,2,6-10H2,1,3-5H3. The number of allylic oxidation sites excluding steroid dienone is 1. The molecule has 16 heavy (non-hydrogen) atoms. The molecule has 1 aliphatic rings. The van der Waals surface area contributed by atoms with Crippen LogP contribution in [0.2, 0.25) is 0 Å². The van der Waals surface area contributed by atoms with E-state index in [1.54, 1.807) is 0 Å². The zero-order valence-electron chi connectivity index (χ0n) is 11.4. The van der Waals surface area contributed by atoms with Gasteiger partial charge in [-0.3, -0.25) is 0 Å². The van der Waals surface area contributed by atoms with Gasteiger partial charge < -0.3 is 0 Å². The summed E-state index contributed by atoms with van der Waals surface area (Å²) in [5.74, 6) is 1.47. The second-order valence-electron chi connectivity index (χ2n) is 6.31. The van der Waals surface area contributed by atoms with Crippen molar-refractivity contribution in [3.8, 4) is 0 Å². The van der Waals surface area contributed by atoms with Crippen LogP contribution in [-0.4, -0.2) is 5.38 Å². The quantitative estimate of drug-likeness (QED) is 0.457. The van der Waals surface area contributed by atoms with Crippen LogP contribution in [0.5, 0.6) is 0 Å². The number of hydrogen-bond acceptors (Lipinski definition) is 0. The van der Waals surface area contributed by atoms with E-state index in [0.29, 0.717) is 16.7 Å². The molecule has 1 heteroatoms. The molecule has 0 aromatic rings. The van der Waals surface area contributed by atoms with Gasteiger partial charge in [-0.1, -0.05) is 46.3 Å². The zero-order chi connectivity index (χ0) is 12.3. The molecule has 1 saturated carbocycles. The predicted octanol–water partition coefficient (Wildman–Crippen LogP) is 5.41. The molecule has 0 radical (unpaired) electrons. The van der Waals surface area contributed by atoms with E-state index in [9.17, 15) is 0 Å². The van der Waals surface area contributed by atoms with E-state index < -0.39 is 0 Å². The van der Waals surface area contributed by atoms with Crippen molar-refractivity contribution in [3.05, 3.63) is 12.2 Å². The van der Waals surface area contributed by atoms with E-state index in [2.05, 4.69) is 34.3 Å². The topological polar surface area (TPSA) is 0 Å². The Morgan fingerprint density at radius 3 is 2.50 bits per heavy atom. The minimum Gasteiger partial charge on any atom is -0.123 e. The third-order valence-electron chi connectivity index (χ3n) is 4.24. The molecule has 1 fully saturated rings. The van der Waals surface area contributed by atoms with E-state index in [-0.39, 0.29) is 0 Å². The van der Waals surface area contributed by atoms with Crippen molar-refractivity contribution in [2.75, 3.05) is 0 Å². The number of rotatable bonds is 4. The molecule has 0 saturated heterocycles. The Kier molecular flexibility index (Phi) is 4.91. The van der Waals surface area contributed by atoms with E-state index >= 15 is 0 Å². The molecule has 0 heterocycles. The van der Waals surface area contributed by atoms with Crippen LogP contribution in [0, 0.1) is 17.3 Å². The number of hydrogen-bond donors (Lipinski definition) is 0. The number of alkyl halides is 1. The average Bonchev–Trinajstić information content (AvgIpc) is 2.16. The maximum atomic E-state index is 6.56. The molecule has 0 amide bonds. The molecule has 94 valence electrons. The van der Waals surface area contributed by atoms with Crippen molar-refractivity contribution in [2.24, 2.45) is 17.3 Å². The fraction of sp³-hybridized carbons (Fsp3) is 0.867. The van der Waals surface area contributed by atoms with Crippen LogP contribution >= 0.6 is 11.6 Å². The largest absolute Gasteiger partial charge is 0.123 e. The summed E-state index contributed by atoms with van der Waals surface area (Å²) in [7, 11) is 0. The summed E-state index contributed by atoms with van der Waals surface area (Å²) in [5, 5.41) is 0.364. The van der Waals surface area contributed by atoms with Gasteiger partial charge in [-0.05, 0) is 42.9 Å². The van der Waals surface area contributed by atoms with E-state index in [1.165, 1.54) is 24.8 Å². The number of halogens is 1. The van der Waals surface area contributed by atoms with Gasteiger partial charge in [-0.2, -0.15) is 0 Å². The molecular formula is C15H27Cl. The van der Waals surface area contributed by atoms with E-state index in [4.69, 9.17) is 11.6 Å². The van der Waals surface area contributed by atoms with Gasteiger partial charge in [0, 0.05) is 5.38 Å². The summed E-state index contributed by atoms with van der Waals surface area (Å²) in [6.07, 6.45) is 6.05. The van der Waals surface area contributed by atoms with Gasteiger partial charge in [0.1, 0.15) is 0 Å². The highest BCUT2D eigenvalue weighted by Crippen LogP contribution is 2.45. The molecule has 0 spiro atoms. The Labute approximate surface area is 106 Å². The third-order valence-corrected chi connectivity index (χ3v) is 4.73. The van der Waals surface area contributed by atoms with Crippen LogP contribution in [0.1, 0.15) is 59.8 Å². The molecule has 0 aromatic carbocycles. The first-order valence-electron chi connectivity index (χ1n) is 6.67. The Morgan fingerprint density at radius 1 is 1.38 bits per heavy atom. The molecule has 0 bridgehead atoms. The lowest BCUT2D eigenvalue weighted by Crippen LogP contribution is -2.36. The lowest BCUT2D eigenvalue weighted by molar-refractivity contribution is 0.141. The van der Waals surface area contributed by atoms with Crippen molar-refractivity contribution >= 4 is 11.6 Å². The Hall–Kier alpha value is 0.0300. The first kappa shape index (κ1) is 14.1. The summed E-state index contributed by atoms with van der Waals surface area (Å²) < 4.78 is 0. The van der Waals surface area contributed by atoms with Crippen molar-refractivity contribution in [1.82, 2.24) is 0 Å². The monoisotopic (exact) mass is 242 g/mol. The fourth-order valence-electron chi connectivity index (χ4n) is 3.09. The minimum atomic E-state index is 0.319. The summed E-state index contributed by atoms with van der Waals surface area (Å²) in [6, 6.07) is 0. The van der Waals surface area contributed by atoms with Gasteiger partial charge in [0.2, 0.25) is 0 Å². The summed E-state index contributed by atoms with van der Waals surface area (Å²) in [6.45, 7) is 13.4. The molecule has 1 aliphatic carbocycles. The van der Waals surface area contributed by atoms with Crippen LogP contribution in [0.4, 0.5) is 0 Å². The van der Waals surface area contributed by atoms with Crippen LogP contribution in [0.3, 0.4) is 0 Å². The maximum absolute atomic E-state index is 6.56. The molecule has 1 rings (SSSR count). The van der Waals surface area contributed by atoms with E-state index in [1.807, 2.05) is 0 Å². The second-order valence-corrected chi connectivity index (χ2v) is 6.87. The maximum Gasteiger partial charge on any atom is 0.0372 e. The predicted molar refractivity (Wildman–Crippen MR) is 74.0 cm³/mol. The first-order valence-corrected chi connectivity index (χ1v) is 7.11. The summed E-state index contributed by atoms with van der Waals surface area (Å²) in [4.78, 5) is 0. The highest BCUT2D eigenvalue weighted by Gasteiger charge is 2.37. The Balaban J connectivity index is 2.63. The second kappa shape index (κ2) is 5.58. The van der Waals surface area contributed by atoms with Gasteiger partial charge in [0.05, 0.1) is 0 Å². The van der Waals surface area contributed by atoms with Crippen molar-refractivity contribution in [2.45, 2.75) is 65.2 Å². The lowest BCUT2D eigenvalue weighted by atomic mass is 9.66. The Morgan fingerprint density at radius 2 is 2.00 bits per heavy atom. The van der Waals surface area contributed by atoms with Gasteiger partial charge in [-0.15, -0.1) is 11.6 Å². The van der Waals surface area contributed by atoms with Crippen molar-refractivity contribution in [1.29, 1.82) is 0 Å². The summed E-state index contributed by atoms with van der Waals surface area (Å²) in [5.41, 5.74) is 1.69. The average molecular weight is 243 g/mol. The smallest absolute Gasteiger partial charge is 0.0372 e. The highest BCUT2D eigenvalue weighted by molar-refractivity contribution is 6.20. The van der Waals surface area contributed by atoms with Crippen molar-refractivity contribution in [3.63, 3.8) is 0 Å². The lowest BCUT2D eigenvalue weighted by Gasteiger charge is -2.42. The summed E-state index contributed by atoms with van der Waals surface area (Å²) >= 11 is 6.56. The normalized spacial score (nSPS) is 31.4. The van der Waals surface area contributed by atoms with Gasteiger partial charge in [0.25, 0.3) is 0 Å². The van der Waals surface area contributed by atoms with Crippen LogP contribution < -0.4 is 0 Å². The van der Waals surface area contributed by atoms with Gasteiger partial charge in [-0.25, -0.2) is 0 Å². The molecule has 0 N–H and O–H groups in total. The molecule has 0 aliphatic heterocycles. The molecule has 0 aromatic heterocycles. The molecular weight excluding hydrogens is 216 g/mol. The van der Waals surface area contributed by atoms with E-state index in [0.717, 1.165) is 18.8 Å². The first-order chi connectivity index (χ1) is 7.36.